The molecule has 3 heteroatoms. The maximum Gasteiger partial charge on any atom is 0.157 e. The number of nitrogens with zero attached hydrogens (tertiary/aromatic N) is 1. The van der Waals surface area contributed by atoms with Gasteiger partial charge in [-0.3, -0.25) is 4.99 Å². The Balaban J connectivity index is 1.97. The molecule has 0 aromatic rings. The summed E-state index contributed by atoms with van der Waals surface area (Å²) in [5.74, 6) is 2.02. The van der Waals surface area contributed by atoms with E-state index in [1.807, 2.05) is 11.8 Å². The molecule has 2 nitrogen and oxygen atoms in total. The van der Waals surface area contributed by atoms with Crippen LogP contribution in [0.2, 0.25) is 0 Å². The van der Waals surface area contributed by atoms with Gasteiger partial charge in [0.2, 0.25) is 0 Å². The second kappa shape index (κ2) is 5.85. The van der Waals surface area contributed by atoms with Gasteiger partial charge in [-0.15, -0.1) is 0 Å². The van der Waals surface area contributed by atoms with Crippen LogP contribution < -0.4 is 5.32 Å². The highest BCUT2D eigenvalue weighted by Crippen LogP contribution is 2.31. The summed E-state index contributed by atoms with van der Waals surface area (Å²) in [7, 11) is 0. The van der Waals surface area contributed by atoms with Crippen LogP contribution in [0.4, 0.5) is 0 Å². The van der Waals surface area contributed by atoms with Crippen molar-refractivity contribution in [2.45, 2.75) is 71.9 Å². The van der Waals surface area contributed by atoms with Gasteiger partial charge in [-0.1, -0.05) is 52.3 Å². The van der Waals surface area contributed by atoms with Gasteiger partial charge in [-0.05, 0) is 30.6 Å². The first-order valence-electron chi connectivity index (χ1n) is 7.44. The largest absolute Gasteiger partial charge is 0.362 e. The monoisotopic (exact) mass is 268 g/mol. The van der Waals surface area contributed by atoms with Crippen molar-refractivity contribution in [1.82, 2.24) is 5.32 Å². The van der Waals surface area contributed by atoms with Crippen molar-refractivity contribution in [3.8, 4) is 0 Å². The molecule has 2 aliphatic rings. The van der Waals surface area contributed by atoms with Gasteiger partial charge in [0.05, 0.1) is 6.04 Å². The smallest absolute Gasteiger partial charge is 0.157 e. The molecule has 0 aromatic carbocycles. The van der Waals surface area contributed by atoms with Crippen LogP contribution >= 0.6 is 11.8 Å². The van der Waals surface area contributed by atoms with Gasteiger partial charge < -0.3 is 5.32 Å². The zero-order valence-electron chi connectivity index (χ0n) is 12.3. The van der Waals surface area contributed by atoms with E-state index in [1.54, 1.807) is 0 Å². The lowest BCUT2D eigenvalue weighted by Gasteiger charge is -2.34. The average Bonchev–Trinajstić information content (AvgIpc) is 2.31. The molecule has 3 atom stereocenters. The molecule has 0 amide bonds. The van der Waals surface area contributed by atoms with Crippen LogP contribution in [0.25, 0.3) is 0 Å². The van der Waals surface area contributed by atoms with Crippen molar-refractivity contribution >= 4 is 16.9 Å². The van der Waals surface area contributed by atoms with E-state index in [0.717, 1.165) is 5.92 Å². The van der Waals surface area contributed by atoms with E-state index in [-0.39, 0.29) is 0 Å². The van der Waals surface area contributed by atoms with Crippen LogP contribution in [-0.2, 0) is 0 Å². The third kappa shape index (κ3) is 3.66. The maximum absolute atomic E-state index is 4.95. The highest BCUT2D eigenvalue weighted by Gasteiger charge is 2.29. The van der Waals surface area contributed by atoms with Crippen molar-refractivity contribution in [2.24, 2.45) is 16.3 Å². The summed E-state index contributed by atoms with van der Waals surface area (Å²) in [6.45, 7) is 9.29. The Hall–Kier alpha value is -0.180. The van der Waals surface area contributed by atoms with Gasteiger partial charge in [-0.25, -0.2) is 0 Å². The number of thioether (sulfide) groups is 1. The summed E-state index contributed by atoms with van der Waals surface area (Å²) in [4.78, 5) is 4.95. The average molecular weight is 268 g/mol. The van der Waals surface area contributed by atoms with Gasteiger partial charge in [0.1, 0.15) is 0 Å². The first-order valence-corrected chi connectivity index (χ1v) is 8.42. The summed E-state index contributed by atoms with van der Waals surface area (Å²) in [5, 5.41) is 4.93. The fourth-order valence-electron chi connectivity index (χ4n) is 2.91. The topological polar surface area (TPSA) is 24.4 Å². The first kappa shape index (κ1) is 14.2. The van der Waals surface area contributed by atoms with E-state index < -0.39 is 0 Å². The predicted octanol–water partition coefficient (Wildman–Crippen LogP) is 4.06. The second-order valence-electron chi connectivity index (χ2n) is 6.97. The third-order valence-electron chi connectivity index (χ3n) is 4.32. The lowest BCUT2D eigenvalue weighted by molar-refractivity contribution is 0.301. The standard InChI is InChI=1S/C15H28N2S/c1-11-7-5-6-8-12(11)16-14-17-13(9-10-18-14)15(2,3)4/h11-13H,5-10H2,1-4H3,(H,16,17). The predicted molar refractivity (Wildman–Crippen MR) is 82.3 cm³/mol. The fraction of sp³-hybridized carbons (Fsp3) is 0.933. The molecule has 0 saturated heterocycles. The summed E-state index contributed by atoms with van der Waals surface area (Å²) >= 11 is 1.92. The highest BCUT2D eigenvalue weighted by atomic mass is 32.2. The van der Waals surface area contributed by atoms with Crippen molar-refractivity contribution < 1.29 is 0 Å². The van der Waals surface area contributed by atoms with E-state index in [9.17, 15) is 0 Å². The summed E-state index contributed by atoms with van der Waals surface area (Å²) in [5.41, 5.74) is 0.298. The minimum absolute atomic E-state index is 0.298. The lowest BCUT2D eigenvalue weighted by atomic mass is 9.85. The number of rotatable bonds is 1. The van der Waals surface area contributed by atoms with Gasteiger partial charge in [0.15, 0.2) is 5.17 Å². The van der Waals surface area contributed by atoms with Crippen LogP contribution in [-0.4, -0.2) is 23.0 Å². The Morgan fingerprint density at radius 3 is 2.56 bits per heavy atom. The number of aliphatic imine (C=N–C) groups is 1. The molecule has 104 valence electrons. The van der Waals surface area contributed by atoms with Crippen molar-refractivity contribution in [2.75, 3.05) is 5.75 Å². The molecule has 1 aliphatic carbocycles. The molecule has 0 aromatic heterocycles. The summed E-state index contributed by atoms with van der Waals surface area (Å²) < 4.78 is 0. The van der Waals surface area contributed by atoms with E-state index in [2.05, 4.69) is 33.0 Å². The van der Waals surface area contributed by atoms with Gasteiger partial charge in [0.25, 0.3) is 0 Å². The highest BCUT2D eigenvalue weighted by molar-refractivity contribution is 8.13. The molecular formula is C15H28N2S. The molecule has 0 bridgehead atoms. The van der Waals surface area contributed by atoms with Gasteiger partial charge >= 0.3 is 0 Å². The molecule has 3 unspecified atom stereocenters. The molecule has 1 aliphatic heterocycles. The van der Waals surface area contributed by atoms with Crippen molar-refractivity contribution in [3.63, 3.8) is 0 Å². The Kier molecular flexibility index (Phi) is 4.63. The lowest BCUT2D eigenvalue weighted by Crippen LogP contribution is -2.42. The Morgan fingerprint density at radius 2 is 1.89 bits per heavy atom. The van der Waals surface area contributed by atoms with Crippen LogP contribution in [0.1, 0.15) is 59.8 Å². The number of amidine groups is 1. The van der Waals surface area contributed by atoms with E-state index in [4.69, 9.17) is 4.99 Å². The maximum atomic E-state index is 4.95. The second-order valence-corrected chi connectivity index (χ2v) is 8.05. The van der Waals surface area contributed by atoms with Crippen LogP contribution in [0, 0.1) is 11.3 Å². The van der Waals surface area contributed by atoms with Crippen LogP contribution in [0.5, 0.6) is 0 Å². The molecule has 0 radical (unpaired) electrons. The first-order chi connectivity index (χ1) is 8.47. The van der Waals surface area contributed by atoms with Gasteiger partial charge in [0, 0.05) is 11.8 Å². The summed E-state index contributed by atoms with van der Waals surface area (Å²) in [6, 6.07) is 1.14. The Morgan fingerprint density at radius 1 is 1.17 bits per heavy atom. The quantitative estimate of drug-likeness (QED) is 0.775. The minimum atomic E-state index is 0.298. The normalized spacial score (nSPS) is 34.0. The Labute approximate surface area is 116 Å². The Bertz CT molecular complexity index is 306. The third-order valence-corrected chi connectivity index (χ3v) is 5.26. The van der Waals surface area contributed by atoms with Crippen molar-refractivity contribution in [3.05, 3.63) is 0 Å². The molecule has 1 saturated carbocycles. The zero-order chi connectivity index (χ0) is 13.2. The molecular weight excluding hydrogens is 240 g/mol. The number of nitrogens with one attached hydrogen (secondary N) is 1. The number of hydrogen-bond acceptors (Lipinski definition) is 3. The fourth-order valence-corrected chi connectivity index (χ4v) is 3.88. The van der Waals surface area contributed by atoms with E-state index >= 15 is 0 Å². The molecule has 0 spiro atoms. The van der Waals surface area contributed by atoms with Crippen LogP contribution in [0.15, 0.2) is 4.99 Å². The molecule has 1 heterocycles. The molecule has 1 N–H and O–H groups in total. The SMILES string of the molecule is CC1CCCCC1NC1=NC(C(C)(C)C)CCS1. The minimum Gasteiger partial charge on any atom is -0.362 e. The van der Waals surface area contributed by atoms with Crippen molar-refractivity contribution in [1.29, 1.82) is 0 Å². The summed E-state index contributed by atoms with van der Waals surface area (Å²) in [6.07, 6.45) is 6.70. The van der Waals surface area contributed by atoms with Gasteiger partial charge in [-0.2, -0.15) is 0 Å². The molecule has 1 fully saturated rings. The molecule has 2 rings (SSSR count). The molecule has 18 heavy (non-hydrogen) atoms. The van der Waals surface area contributed by atoms with E-state index in [0.29, 0.717) is 17.5 Å². The van der Waals surface area contributed by atoms with Crippen LogP contribution in [0.3, 0.4) is 0 Å². The zero-order valence-corrected chi connectivity index (χ0v) is 13.1. The van der Waals surface area contributed by atoms with E-state index in [1.165, 1.54) is 43.0 Å². The number of hydrogen-bond donors (Lipinski definition) is 1.